The van der Waals surface area contributed by atoms with Crippen molar-refractivity contribution in [3.63, 3.8) is 0 Å². The first-order chi connectivity index (χ1) is 22.1. The molecule has 0 amide bonds. The van der Waals surface area contributed by atoms with Crippen molar-refractivity contribution < 1.29 is 9.90 Å². The van der Waals surface area contributed by atoms with Gasteiger partial charge in [0.2, 0.25) is 0 Å². The van der Waals surface area contributed by atoms with Crippen molar-refractivity contribution in [1.82, 2.24) is 4.57 Å². The summed E-state index contributed by atoms with van der Waals surface area (Å²) in [6.07, 6.45) is 3.66. The minimum Gasteiger partial charge on any atom is -0.477 e. The maximum Gasteiger partial charge on any atom is 0.346 e. The second-order valence-electron chi connectivity index (χ2n) is 10.6. The number of nitriles is 1. The topological polar surface area (TPSA) is 66.0 Å². The van der Waals surface area contributed by atoms with Gasteiger partial charge in [-0.15, -0.1) is 11.3 Å². The lowest BCUT2D eigenvalue weighted by atomic mass is 9.96. The summed E-state index contributed by atoms with van der Waals surface area (Å²) >= 11 is 1.46. The van der Waals surface area contributed by atoms with E-state index in [9.17, 15) is 9.90 Å². The number of hydrogen-bond acceptors (Lipinski definition) is 3. The Kier molecular flexibility index (Phi) is 7.41. The molecular formula is C40H26N2O2S. The van der Waals surface area contributed by atoms with E-state index in [-0.39, 0.29) is 5.57 Å². The molecule has 0 atom stereocenters. The van der Waals surface area contributed by atoms with Gasteiger partial charge in [-0.1, -0.05) is 97.1 Å². The number of hydrogen-bond donors (Lipinski definition) is 1. The van der Waals surface area contributed by atoms with Gasteiger partial charge < -0.3 is 9.67 Å². The van der Waals surface area contributed by atoms with E-state index in [0.29, 0.717) is 0 Å². The average molecular weight is 599 g/mol. The van der Waals surface area contributed by atoms with Gasteiger partial charge in [0.25, 0.3) is 0 Å². The van der Waals surface area contributed by atoms with Gasteiger partial charge in [0.15, 0.2) is 0 Å². The quantitative estimate of drug-likeness (QED) is 0.113. The normalized spacial score (nSPS) is 11.4. The van der Waals surface area contributed by atoms with Crippen LogP contribution in [0, 0.1) is 11.3 Å². The van der Waals surface area contributed by atoms with Gasteiger partial charge in [0.1, 0.15) is 11.6 Å². The fourth-order valence-corrected chi connectivity index (χ4v) is 6.68. The van der Waals surface area contributed by atoms with Gasteiger partial charge in [0, 0.05) is 26.2 Å². The van der Waals surface area contributed by atoms with Crippen LogP contribution in [-0.4, -0.2) is 15.6 Å². The summed E-state index contributed by atoms with van der Waals surface area (Å²) in [6.45, 7) is 0. The van der Waals surface area contributed by atoms with Gasteiger partial charge in [-0.3, -0.25) is 0 Å². The Morgan fingerprint density at radius 3 is 2.00 bits per heavy atom. The lowest BCUT2D eigenvalue weighted by molar-refractivity contribution is -0.132. The van der Waals surface area contributed by atoms with E-state index < -0.39 is 5.97 Å². The third kappa shape index (κ3) is 5.47. The highest BCUT2D eigenvalue weighted by molar-refractivity contribution is 7.16. The second-order valence-corrected chi connectivity index (χ2v) is 11.8. The summed E-state index contributed by atoms with van der Waals surface area (Å²) in [6, 6.07) is 50.1. The standard InChI is InChI=1S/C40H26N2O2S/c41-26-31(40(43)44)24-33-20-22-39(45-33)30-17-21-38-36(25-30)34-13-7-8-14-37(34)42(38)32-18-15-27(16-19-32)23-35(28-9-3-1-4-10-28)29-11-5-2-6-12-29/h1-25H,(H,43,44)/b31-24-. The Morgan fingerprint density at radius 2 is 1.33 bits per heavy atom. The molecule has 0 aliphatic rings. The number of carboxylic acid groups (broad SMARTS) is 1. The van der Waals surface area contributed by atoms with Crippen LogP contribution < -0.4 is 0 Å². The molecule has 0 unspecified atom stereocenters. The molecule has 4 nitrogen and oxygen atoms in total. The van der Waals surface area contributed by atoms with Gasteiger partial charge in [-0.25, -0.2) is 4.79 Å². The molecule has 0 radical (unpaired) electrons. The first kappa shape index (κ1) is 27.8. The maximum atomic E-state index is 11.3. The number of aromatic nitrogens is 1. The number of carboxylic acids is 1. The van der Waals surface area contributed by atoms with Crippen LogP contribution in [0.5, 0.6) is 0 Å². The molecule has 5 aromatic carbocycles. The third-order valence-electron chi connectivity index (χ3n) is 7.85. The Morgan fingerprint density at radius 1 is 0.689 bits per heavy atom. The fraction of sp³-hybridized carbons (Fsp3) is 0. The fourth-order valence-electron chi connectivity index (χ4n) is 5.73. The van der Waals surface area contributed by atoms with E-state index in [0.717, 1.165) is 48.4 Å². The monoisotopic (exact) mass is 598 g/mol. The molecule has 0 fully saturated rings. The van der Waals surface area contributed by atoms with E-state index in [1.165, 1.54) is 34.1 Å². The number of para-hydroxylation sites is 1. The first-order valence-electron chi connectivity index (χ1n) is 14.5. The van der Waals surface area contributed by atoms with E-state index in [2.05, 4.69) is 126 Å². The van der Waals surface area contributed by atoms with Crippen molar-refractivity contribution in [3.05, 3.63) is 167 Å². The van der Waals surface area contributed by atoms with Crippen molar-refractivity contribution in [1.29, 1.82) is 5.26 Å². The SMILES string of the molecule is N#C/C(=C/c1ccc(-c2ccc3c(c2)c2ccccc2n3-c2ccc(C=C(c3ccccc3)c3ccccc3)cc2)s1)C(=O)O. The van der Waals surface area contributed by atoms with Crippen LogP contribution in [-0.2, 0) is 4.79 Å². The van der Waals surface area contributed by atoms with Gasteiger partial charge in [-0.05, 0) is 82.4 Å². The van der Waals surface area contributed by atoms with Crippen molar-refractivity contribution >= 4 is 56.8 Å². The molecule has 0 spiro atoms. The smallest absolute Gasteiger partial charge is 0.346 e. The Balaban J connectivity index is 1.28. The molecule has 2 heterocycles. The summed E-state index contributed by atoms with van der Waals surface area (Å²) < 4.78 is 2.30. The zero-order valence-corrected chi connectivity index (χ0v) is 24.9. The highest BCUT2D eigenvalue weighted by Gasteiger charge is 2.14. The molecule has 0 saturated carbocycles. The minimum absolute atomic E-state index is 0.278. The zero-order chi connectivity index (χ0) is 30.8. The molecule has 45 heavy (non-hydrogen) atoms. The minimum atomic E-state index is -1.22. The molecule has 0 bridgehead atoms. The van der Waals surface area contributed by atoms with Crippen LogP contribution in [0.1, 0.15) is 21.6 Å². The van der Waals surface area contributed by atoms with E-state index >= 15 is 0 Å². The van der Waals surface area contributed by atoms with Crippen LogP contribution in [0.2, 0.25) is 0 Å². The molecule has 2 aromatic heterocycles. The summed E-state index contributed by atoms with van der Waals surface area (Å²) in [5, 5.41) is 20.7. The largest absolute Gasteiger partial charge is 0.477 e. The van der Waals surface area contributed by atoms with Crippen molar-refractivity contribution in [2.45, 2.75) is 0 Å². The lowest BCUT2D eigenvalue weighted by Crippen LogP contribution is -1.96. The molecule has 0 saturated heterocycles. The second kappa shape index (κ2) is 12.0. The number of aliphatic carboxylic acids is 1. The molecular weight excluding hydrogens is 573 g/mol. The highest BCUT2D eigenvalue weighted by Crippen LogP contribution is 2.37. The number of thiophene rings is 1. The molecule has 7 rings (SSSR count). The summed E-state index contributed by atoms with van der Waals surface area (Å²) in [5.74, 6) is -1.22. The molecule has 7 aromatic rings. The van der Waals surface area contributed by atoms with Gasteiger partial charge >= 0.3 is 5.97 Å². The molecule has 1 N–H and O–H groups in total. The number of carbonyl (C=O) groups is 1. The van der Waals surface area contributed by atoms with E-state index in [1.54, 1.807) is 6.07 Å². The Labute approximate surface area is 264 Å². The number of fused-ring (bicyclic) bond motifs is 3. The predicted octanol–water partition coefficient (Wildman–Crippen LogP) is 10.1. The van der Waals surface area contributed by atoms with Crippen molar-refractivity contribution in [2.75, 3.05) is 0 Å². The van der Waals surface area contributed by atoms with E-state index in [4.69, 9.17) is 5.26 Å². The molecule has 0 aliphatic carbocycles. The van der Waals surface area contributed by atoms with Gasteiger partial charge in [-0.2, -0.15) is 5.26 Å². The summed E-state index contributed by atoms with van der Waals surface area (Å²) in [5.41, 5.74) is 8.71. The number of rotatable bonds is 7. The number of benzene rings is 5. The van der Waals surface area contributed by atoms with Crippen molar-refractivity contribution in [2.24, 2.45) is 0 Å². The predicted molar refractivity (Wildman–Crippen MR) is 185 cm³/mol. The average Bonchev–Trinajstić information content (AvgIpc) is 3.69. The molecule has 5 heteroatoms. The lowest BCUT2D eigenvalue weighted by Gasteiger charge is -2.11. The van der Waals surface area contributed by atoms with Crippen molar-refractivity contribution in [3.8, 4) is 22.2 Å². The van der Waals surface area contributed by atoms with E-state index in [1.807, 2.05) is 24.3 Å². The summed E-state index contributed by atoms with van der Waals surface area (Å²) in [4.78, 5) is 13.0. The molecule has 214 valence electrons. The van der Waals surface area contributed by atoms with Crippen LogP contribution in [0.3, 0.4) is 0 Å². The van der Waals surface area contributed by atoms with Crippen LogP contribution >= 0.6 is 11.3 Å². The van der Waals surface area contributed by atoms with Gasteiger partial charge in [0.05, 0.1) is 11.0 Å². The maximum absolute atomic E-state index is 11.3. The first-order valence-corrected chi connectivity index (χ1v) is 15.3. The Bertz CT molecular complexity index is 2240. The number of nitrogens with zero attached hydrogens (tertiary/aromatic N) is 2. The highest BCUT2D eigenvalue weighted by atomic mass is 32.1. The summed E-state index contributed by atoms with van der Waals surface area (Å²) in [7, 11) is 0. The third-order valence-corrected chi connectivity index (χ3v) is 8.93. The Hall–Kier alpha value is -5.96. The van der Waals surface area contributed by atoms with Crippen LogP contribution in [0.4, 0.5) is 0 Å². The molecule has 0 aliphatic heterocycles. The zero-order valence-electron chi connectivity index (χ0n) is 24.1. The van der Waals surface area contributed by atoms with Crippen LogP contribution in [0.15, 0.2) is 145 Å². The van der Waals surface area contributed by atoms with Crippen LogP contribution in [0.25, 0.3) is 55.7 Å².